The van der Waals surface area contributed by atoms with Crippen molar-refractivity contribution >= 4 is 17.6 Å². The summed E-state index contributed by atoms with van der Waals surface area (Å²) >= 11 is 0. The molecule has 2 aliphatic rings. The fourth-order valence-corrected chi connectivity index (χ4v) is 4.50. The highest BCUT2D eigenvalue weighted by atomic mass is 16.7. The fourth-order valence-electron chi connectivity index (χ4n) is 4.50. The lowest BCUT2D eigenvalue weighted by Gasteiger charge is -2.33. The van der Waals surface area contributed by atoms with Gasteiger partial charge in [0.1, 0.15) is 5.75 Å². The highest BCUT2D eigenvalue weighted by Crippen LogP contribution is 2.32. The number of hydrogen-bond donors (Lipinski definition) is 3. The smallest absolute Gasteiger partial charge is 0.329 e. The molecule has 1 saturated heterocycles. The Morgan fingerprint density at radius 2 is 1.90 bits per heavy atom. The summed E-state index contributed by atoms with van der Waals surface area (Å²) in [7, 11) is 0. The number of aliphatic hydroxyl groups is 1. The normalized spacial score (nSPS) is 16.5. The van der Waals surface area contributed by atoms with Crippen LogP contribution in [0.25, 0.3) is 0 Å². The van der Waals surface area contributed by atoms with Crippen molar-refractivity contribution in [3.8, 4) is 17.6 Å². The first kappa shape index (κ1) is 29.6. The van der Waals surface area contributed by atoms with E-state index in [0.717, 1.165) is 66.2 Å². The number of carbonyl (C=O) groups excluding carboxylic acids is 2. The number of nitrogens with zero attached hydrogens (tertiary/aromatic N) is 1. The van der Waals surface area contributed by atoms with Gasteiger partial charge in [-0.15, -0.1) is 0 Å². The van der Waals surface area contributed by atoms with Crippen LogP contribution >= 0.6 is 0 Å². The molecule has 2 aliphatic heterocycles. The first-order valence-electron chi connectivity index (χ1n) is 13.9. The van der Waals surface area contributed by atoms with Crippen LogP contribution in [0.5, 0.6) is 5.75 Å². The second-order valence-electron chi connectivity index (χ2n) is 10.4. The molecule has 1 fully saturated rings. The minimum Gasteiger partial charge on any atom is -0.463 e. The Kier molecular flexibility index (Phi) is 10.6. The fraction of sp³-hybridized carbons (Fsp3) is 0.484. The van der Waals surface area contributed by atoms with E-state index in [1.807, 2.05) is 32.0 Å². The number of carbonyl (C=O) groups is 2. The van der Waals surface area contributed by atoms with Crippen LogP contribution < -0.4 is 20.3 Å². The van der Waals surface area contributed by atoms with Gasteiger partial charge in [-0.1, -0.05) is 30.7 Å². The van der Waals surface area contributed by atoms with Crippen molar-refractivity contribution in [3.05, 3.63) is 59.2 Å². The van der Waals surface area contributed by atoms with Crippen LogP contribution in [0.1, 0.15) is 68.7 Å². The molecule has 2 aromatic carbocycles. The molecule has 9 heteroatoms. The number of imide groups is 1. The Morgan fingerprint density at radius 1 is 1.10 bits per heavy atom. The van der Waals surface area contributed by atoms with E-state index >= 15 is 0 Å². The van der Waals surface area contributed by atoms with E-state index < -0.39 is 17.9 Å². The molecule has 2 heterocycles. The first-order valence-corrected chi connectivity index (χ1v) is 13.9. The number of hydrogen-bond acceptors (Lipinski definition) is 7. The summed E-state index contributed by atoms with van der Waals surface area (Å²) in [4.78, 5) is 24.6. The van der Waals surface area contributed by atoms with Gasteiger partial charge in [-0.2, -0.15) is 0 Å². The van der Waals surface area contributed by atoms with E-state index in [1.165, 1.54) is 0 Å². The number of aliphatic hydroxyl groups excluding tert-OH is 1. The summed E-state index contributed by atoms with van der Waals surface area (Å²) in [6, 6.07) is 12.4. The van der Waals surface area contributed by atoms with Crippen molar-refractivity contribution in [2.24, 2.45) is 0 Å². The maximum absolute atomic E-state index is 11.8. The minimum atomic E-state index is -0.619. The zero-order valence-corrected chi connectivity index (χ0v) is 23.3. The van der Waals surface area contributed by atoms with Gasteiger partial charge in [-0.05, 0) is 61.3 Å². The number of anilines is 1. The molecule has 0 unspecified atom stereocenters. The molecule has 0 spiro atoms. The molecule has 0 aromatic heterocycles. The molecule has 0 radical (unpaired) electrons. The van der Waals surface area contributed by atoms with E-state index in [-0.39, 0.29) is 12.5 Å². The number of amides is 3. The van der Waals surface area contributed by atoms with Gasteiger partial charge in [0.25, 0.3) is 5.91 Å². The van der Waals surface area contributed by atoms with Crippen molar-refractivity contribution in [2.45, 2.75) is 64.4 Å². The third-order valence-corrected chi connectivity index (χ3v) is 6.70. The van der Waals surface area contributed by atoms with Gasteiger partial charge in [-0.3, -0.25) is 4.79 Å². The summed E-state index contributed by atoms with van der Waals surface area (Å²) in [6.07, 6.45) is 4.34. The number of fused-ring (bicyclic) bond motifs is 1. The molecular weight excluding hydrogens is 510 g/mol. The van der Waals surface area contributed by atoms with Gasteiger partial charge in [0.05, 0.1) is 31.5 Å². The van der Waals surface area contributed by atoms with Crippen LogP contribution in [0.2, 0.25) is 0 Å². The lowest BCUT2D eigenvalue weighted by molar-refractivity contribution is -0.180. The lowest BCUT2D eigenvalue weighted by Crippen LogP contribution is -2.35. The summed E-state index contributed by atoms with van der Waals surface area (Å²) in [6.45, 7) is 6.98. The van der Waals surface area contributed by atoms with E-state index in [1.54, 1.807) is 24.3 Å². The maximum atomic E-state index is 11.8. The van der Waals surface area contributed by atoms with E-state index in [2.05, 4.69) is 22.5 Å². The van der Waals surface area contributed by atoms with E-state index in [4.69, 9.17) is 14.2 Å². The maximum Gasteiger partial charge on any atom is 0.329 e. The average Bonchev–Trinajstić information content (AvgIpc) is 3.28. The number of urea groups is 1. The monoisotopic (exact) mass is 549 g/mol. The predicted molar refractivity (Wildman–Crippen MR) is 152 cm³/mol. The van der Waals surface area contributed by atoms with Crippen LogP contribution in [-0.4, -0.2) is 55.7 Å². The zero-order chi connectivity index (χ0) is 28.4. The van der Waals surface area contributed by atoms with Crippen LogP contribution in [0, 0.1) is 11.8 Å². The van der Waals surface area contributed by atoms with Crippen molar-refractivity contribution in [3.63, 3.8) is 0 Å². The molecule has 214 valence electrons. The topological polar surface area (TPSA) is 109 Å². The minimum absolute atomic E-state index is 0.0337. The number of unbranched alkanes of at least 4 members (excludes halogenated alkanes) is 3. The van der Waals surface area contributed by atoms with Crippen molar-refractivity contribution in [2.75, 3.05) is 37.7 Å². The van der Waals surface area contributed by atoms with Crippen molar-refractivity contribution in [1.82, 2.24) is 10.6 Å². The Hall–Kier alpha value is -3.42. The van der Waals surface area contributed by atoms with E-state index in [9.17, 15) is 14.7 Å². The number of benzene rings is 2. The molecule has 3 N–H and O–H groups in total. The highest BCUT2D eigenvalue weighted by Gasteiger charge is 2.30. The largest absolute Gasteiger partial charge is 0.463 e. The third-order valence-electron chi connectivity index (χ3n) is 6.70. The van der Waals surface area contributed by atoms with Gasteiger partial charge >= 0.3 is 6.03 Å². The molecule has 9 nitrogen and oxygen atoms in total. The standard InChI is InChI=1S/C31H39N3O6/c1-31(2)39-22-25-19-24(12-15-28(25)40-31)27(35)20-32-16-6-3-4-7-17-38-18-8-5-9-23-10-13-26(14-11-23)34-29(36)21-33-30(34)37/h10-15,19,27,32,35H,3-4,6-8,16-18,20-22H2,1-2H3,(H,33,37)/t27-/m1/s1. The Labute approximate surface area is 236 Å². The van der Waals surface area contributed by atoms with Crippen LogP contribution in [0.3, 0.4) is 0 Å². The van der Waals surface area contributed by atoms with Gasteiger partial charge < -0.3 is 30.0 Å². The molecule has 0 aliphatic carbocycles. The molecule has 3 amide bonds. The van der Waals surface area contributed by atoms with Gasteiger partial charge in [0, 0.05) is 44.5 Å². The molecule has 40 heavy (non-hydrogen) atoms. The lowest BCUT2D eigenvalue weighted by atomic mass is 10.0. The second-order valence-corrected chi connectivity index (χ2v) is 10.4. The predicted octanol–water partition coefficient (Wildman–Crippen LogP) is 4.03. The molecule has 1 atom stereocenters. The average molecular weight is 550 g/mol. The van der Waals surface area contributed by atoms with Gasteiger partial charge in [-0.25, -0.2) is 9.69 Å². The quantitative estimate of drug-likeness (QED) is 0.197. The molecule has 4 rings (SSSR count). The van der Waals surface area contributed by atoms with Crippen LogP contribution in [-0.2, 0) is 20.9 Å². The number of nitrogens with one attached hydrogen (secondary N) is 2. The van der Waals surface area contributed by atoms with Crippen LogP contribution in [0.15, 0.2) is 42.5 Å². The molecular formula is C31H39N3O6. The van der Waals surface area contributed by atoms with Crippen LogP contribution in [0.4, 0.5) is 10.5 Å². The van der Waals surface area contributed by atoms with Gasteiger partial charge in [0.15, 0.2) is 0 Å². The highest BCUT2D eigenvalue weighted by molar-refractivity contribution is 6.19. The molecule has 2 aromatic rings. The summed E-state index contributed by atoms with van der Waals surface area (Å²) in [5.74, 6) is 6.11. The number of rotatable bonds is 13. The summed E-state index contributed by atoms with van der Waals surface area (Å²) in [5, 5.41) is 16.4. The van der Waals surface area contributed by atoms with Gasteiger partial charge in [0.2, 0.25) is 5.79 Å². The SMILES string of the molecule is CC1(C)OCc2cc([C@H](O)CNCCCCCCOCCC#Cc3ccc(N4C(=O)CNC4=O)cc3)ccc2O1. The Morgan fingerprint density at radius 3 is 2.67 bits per heavy atom. The molecule has 0 saturated carbocycles. The second kappa shape index (κ2) is 14.3. The van der Waals surface area contributed by atoms with Crippen molar-refractivity contribution < 1.29 is 28.9 Å². The van der Waals surface area contributed by atoms with Crippen molar-refractivity contribution in [1.29, 1.82) is 0 Å². The Balaban J connectivity index is 0.998. The third kappa shape index (κ3) is 8.54. The zero-order valence-electron chi connectivity index (χ0n) is 23.3. The van der Waals surface area contributed by atoms with E-state index in [0.29, 0.717) is 31.9 Å². The summed E-state index contributed by atoms with van der Waals surface area (Å²) in [5.41, 5.74) is 3.20. The molecule has 0 bridgehead atoms. The first-order chi connectivity index (χ1) is 19.3. The summed E-state index contributed by atoms with van der Waals surface area (Å²) < 4.78 is 17.2. The Bertz CT molecular complexity index is 1200. The number of ether oxygens (including phenoxy) is 3.